The van der Waals surface area contributed by atoms with Crippen LogP contribution >= 0.6 is 11.3 Å². The van der Waals surface area contributed by atoms with Crippen molar-refractivity contribution in [1.82, 2.24) is 20.0 Å². The van der Waals surface area contributed by atoms with Crippen molar-refractivity contribution in [2.75, 3.05) is 20.2 Å². The van der Waals surface area contributed by atoms with Crippen LogP contribution in [0.3, 0.4) is 0 Å². The van der Waals surface area contributed by atoms with Gasteiger partial charge in [-0.3, -0.25) is 9.59 Å². The van der Waals surface area contributed by atoms with E-state index in [-0.39, 0.29) is 12.5 Å². The highest BCUT2D eigenvalue weighted by Crippen LogP contribution is 2.28. The third-order valence-electron chi connectivity index (χ3n) is 4.58. The number of ether oxygens (including phenoxy) is 1. The van der Waals surface area contributed by atoms with Crippen LogP contribution in [-0.4, -0.2) is 58.2 Å². The number of para-hydroxylation sites is 1. The quantitative estimate of drug-likeness (QED) is 0.393. The number of carbonyl (C=O) groups is 3. The van der Waals surface area contributed by atoms with Crippen LogP contribution < -0.4 is 5.32 Å². The maximum atomic E-state index is 12.2. The van der Waals surface area contributed by atoms with Crippen LogP contribution in [0.5, 0.6) is 0 Å². The average molecular weight is 481 g/mol. The van der Waals surface area contributed by atoms with Crippen LogP contribution in [0.4, 0.5) is 0 Å². The number of rotatable bonds is 8. The minimum absolute atomic E-state index is 0.119. The van der Waals surface area contributed by atoms with Crippen LogP contribution in [-0.2, 0) is 19.1 Å². The molecule has 0 aliphatic carbocycles. The van der Waals surface area contributed by atoms with Gasteiger partial charge in [0.15, 0.2) is 6.61 Å². The van der Waals surface area contributed by atoms with Gasteiger partial charge in [-0.2, -0.15) is 5.10 Å². The molecule has 2 heterocycles. The number of likely N-dealkylation sites (N-methyl/N-ethyl adjacent to an activating group) is 1. The molecule has 34 heavy (non-hydrogen) atoms. The fourth-order valence-electron chi connectivity index (χ4n) is 3.04. The number of benzene rings is 1. The summed E-state index contributed by atoms with van der Waals surface area (Å²) in [5.74, 6) is -1.42. The number of esters is 1. The summed E-state index contributed by atoms with van der Waals surface area (Å²) in [7, 11) is 1.49. The largest absolute Gasteiger partial charge is 0.452 e. The predicted molar refractivity (Wildman–Crippen MR) is 132 cm³/mol. The van der Waals surface area contributed by atoms with Crippen molar-refractivity contribution in [3.8, 4) is 16.3 Å². The molecule has 0 saturated heterocycles. The van der Waals surface area contributed by atoms with Gasteiger partial charge in [-0.25, -0.2) is 9.48 Å². The van der Waals surface area contributed by atoms with Crippen molar-refractivity contribution in [3.63, 3.8) is 0 Å². The molecule has 0 unspecified atom stereocenters. The summed E-state index contributed by atoms with van der Waals surface area (Å²) in [5.41, 5.74) is 1.98. The van der Waals surface area contributed by atoms with Gasteiger partial charge < -0.3 is 15.0 Å². The van der Waals surface area contributed by atoms with Crippen LogP contribution in [0.2, 0.25) is 0 Å². The molecule has 0 bridgehead atoms. The van der Waals surface area contributed by atoms with Gasteiger partial charge in [0.05, 0.1) is 17.1 Å². The molecule has 0 aliphatic rings. The minimum Gasteiger partial charge on any atom is -0.452 e. The molecule has 3 aromatic rings. The van der Waals surface area contributed by atoms with Crippen molar-refractivity contribution < 1.29 is 19.1 Å². The molecule has 0 saturated carbocycles. The van der Waals surface area contributed by atoms with E-state index >= 15 is 0 Å². The lowest BCUT2D eigenvalue weighted by Gasteiger charge is -2.23. The van der Waals surface area contributed by atoms with E-state index in [0.717, 1.165) is 21.8 Å². The van der Waals surface area contributed by atoms with Crippen molar-refractivity contribution in [2.24, 2.45) is 0 Å². The van der Waals surface area contributed by atoms with Crippen molar-refractivity contribution in [2.45, 2.75) is 26.3 Å². The molecule has 0 fully saturated rings. The molecule has 0 atom stereocenters. The average Bonchev–Trinajstić information content (AvgIpc) is 3.45. The smallest absolute Gasteiger partial charge is 0.331 e. The van der Waals surface area contributed by atoms with Crippen LogP contribution in [0.25, 0.3) is 22.3 Å². The number of nitrogens with zero attached hydrogens (tertiary/aromatic N) is 3. The Morgan fingerprint density at radius 2 is 1.88 bits per heavy atom. The summed E-state index contributed by atoms with van der Waals surface area (Å²) >= 11 is 1.55. The Balaban J connectivity index is 1.63. The molecule has 8 nitrogen and oxygen atoms in total. The van der Waals surface area contributed by atoms with E-state index in [1.165, 1.54) is 18.0 Å². The molecule has 2 amide bonds. The number of carbonyl (C=O) groups excluding carboxylic acids is 3. The van der Waals surface area contributed by atoms with Gasteiger partial charge in [0.25, 0.3) is 5.91 Å². The lowest BCUT2D eigenvalue weighted by molar-refractivity contribution is -0.148. The van der Waals surface area contributed by atoms with Crippen molar-refractivity contribution in [3.05, 3.63) is 65.7 Å². The Hall–Kier alpha value is -3.72. The molecule has 2 aromatic heterocycles. The third kappa shape index (κ3) is 7.14. The van der Waals surface area contributed by atoms with Crippen LogP contribution in [0, 0.1) is 0 Å². The lowest BCUT2D eigenvalue weighted by Crippen LogP contribution is -2.46. The number of amides is 2. The van der Waals surface area contributed by atoms with Gasteiger partial charge in [-0.1, -0.05) is 24.3 Å². The highest BCUT2D eigenvalue weighted by atomic mass is 32.1. The Kier molecular flexibility index (Phi) is 8.01. The topological polar surface area (TPSA) is 93.5 Å². The van der Waals surface area contributed by atoms with E-state index in [0.29, 0.717) is 0 Å². The predicted octanol–water partition coefficient (Wildman–Crippen LogP) is 3.53. The van der Waals surface area contributed by atoms with Gasteiger partial charge in [-0.05, 0) is 50.4 Å². The van der Waals surface area contributed by atoms with Crippen LogP contribution in [0.1, 0.15) is 26.3 Å². The Bertz CT molecular complexity index is 1160. The molecule has 1 aromatic carbocycles. The summed E-state index contributed by atoms with van der Waals surface area (Å²) in [5, 5.41) is 9.42. The number of thiophene rings is 1. The standard InChI is InChI=1S/C25H28N4O4S/c1-25(2,3)26-21(30)16-28(4)22(31)17-33-23(32)13-12-18-15-29(19-9-6-5-7-10-19)27-24(18)20-11-8-14-34-20/h5-15H,16-17H2,1-4H3,(H,26,30)/b13-12+. The molecular weight excluding hydrogens is 452 g/mol. The maximum absolute atomic E-state index is 12.2. The van der Waals surface area contributed by atoms with E-state index in [1.807, 2.05) is 74.8 Å². The zero-order valence-electron chi connectivity index (χ0n) is 19.6. The molecule has 1 N–H and O–H groups in total. The van der Waals surface area contributed by atoms with Crippen molar-refractivity contribution in [1.29, 1.82) is 0 Å². The molecule has 0 spiro atoms. The van der Waals surface area contributed by atoms with E-state index in [9.17, 15) is 14.4 Å². The van der Waals surface area contributed by atoms with Crippen LogP contribution in [0.15, 0.2) is 60.1 Å². The summed E-state index contributed by atoms with van der Waals surface area (Å²) in [4.78, 5) is 38.6. The first-order chi connectivity index (χ1) is 16.1. The summed E-state index contributed by atoms with van der Waals surface area (Å²) in [6.45, 7) is 4.99. The second-order valence-corrected chi connectivity index (χ2v) is 9.63. The Labute approximate surface area is 202 Å². The van der Waals surface area contributed by atoms with E-state index < -0.39 is 24.0 Å². The van der Waals surface area contributed by atoms with Gasteiger partial charge >= 0.3 is 5.97 Å². The van der Waals surface area contributed by atoms with Gasteiger partial charge in [0.2, 0.25) is 5.91 Å². The molecule has 0 radical (unpaired) electrons. The fourth-order valence-corrected chi connectivity index (χ4v) is 3.77. The molecule has 3 rings (SSSR count). The molecular formula is C25H28N4O4S. The first-order valence-corrected chi connectivity index (χ1v) is 11.6. The van der Waals surface area contributed by atoms with Gasteiger partial charge in [0, 0.05) is 30.4 Å². The number of hydrogen-bond acceptors (Lipinski definition) is 6. The fraction of sp³-hybridized carbons (Fsp3) is 0.280. The highest BCUT2D eigenvalue weighted by molar-refractivity contribution is 7.13. The normalized spacial score (nSPS) is 11.4. The minimum atomic E-state index is -0.662. The number of nitrogens with one attached hydrogen (secondary N) is 1. The summed E-state index contributed by atoms with van der Waals surface area (Å²) in [6, 6.07) is 13.6. The number of hydrogen-bond donors (Lipinski definition) is 1. The number of aromatic nitrogens is 2. The van der Waals surface area contributed by atoms with Crippen molar-refractivity contribution >= 4 is 35.2 Å². The Morgan fingerprint density at radius 1 is 1.15 bits per heavy atom. The second kappa shape index (κ2) is 10.9. The molecule has 9 heteroatoms. The van der Waals surface area contributed by atoms with E-state index in [1.54, 1.807) is 22.1 Å². The lowest BCUT2D eigenvalue weighted by atomic mass is 10.1. The SMILES string of the molecule is CN(CC(=O)NC(C)(C)C)C(=O)COC(=O)/C=C/c1cn(-c2ccccc2)nc1-c1cccs1. The summed E-state index contributed by atoms with van der Waals surface area (Å²) in [6.07, 6.45) is 4.72. The molecule has 178 valence electrons. The van der Waals surface area contributed by atoms with E-state index in [4.69, 9.17) is 4.74 Å². The second-order valence-electron chi connectivity index (χ2n) is 8.68. The van der Waals surface area contributed by atoms with Gasteiger partial charge in [-0.15, -0.1) is 11.3 Å². The summed E-state index contributed by atoms with van der Waals surface area (Å²) < 4.78 is 6.83. The zero-order chi connectivity index (χ0) is 24.7. The van der Waals surface area contributed by atoms with E-state index in [2.05, 4.69) is 10.4 Å². The Morgan fingerprint density at radius 3 is 2.53 bits per heavy atom. The third-order valence-corrected chi connectivity index (χ3v) is 5.45. The zero-order valence-corrected chi connectivity index (χ0v) is 20.5. The highest BCUT2D eigenvalue weighted by Gasteiger charge is 2.18. The van der Waals surface area contributed by atoms with Gasteiger partial charge in [0.1, 0.15) is 5.69 Å². The first kappa shape index (κ1) is 24.9. The maximum Gasteiger partial charge on any atom is 0.331 e. The monoisotopic (exact) mass is 480 g/mol. The first-order valence-electron chi connectivity index (χ1n) is 10.7. The molecule has 0 aliphatic heterocycles.